The van der Waals surface area contributed by atoms with E-state index in [2.05, 4.69) is 25.7 Å². The lowest BCUT2D eigenvalue weighted by Gasteiger charge is -2.18. The first-order valence-corrected chi connectivity index (χ1v) is 8.82. The molecular formula is C19H24N6O3. The van der Waals surface area contributed by atoms with Crippen LogP contribution in [0.1, 0.15) is 31.1 Å². The first-order valence-electron chi connectivity index (χ1n) is 8.82. The summed E-state index contributed by atoms with van der Waals surface area (Å²) in [4.78, 5) is 21.4. The summed E-state index contributed by atoms with van der Waals surface area (Å²) in [5.41, 5.74) is 1.07. The van der Waals surface area contributed by atoms with Crippen LogP contribution in [0.2, 0.25) is 0 Å². The summed E-state index contributed by atoms with van der Waals surface area (Å²) in [5.74, 6) is 1.45. The summed E-state index contributed by atoms with van der Waals surface area (Å²) in [7, 11) is 3.32. The van der Waals surface area contributed by atoms with Crippen molar-refractivity contribution < 1.29 is 14.3 Å². The van der Waals surface area contributed by atoms with Crippen molar-refractivity contribution in [2.45, 2.75) is 26.4 Å². The van der Waals surface area contributed by atoms with Gasteiger partial charge in [0.25, 0.3) is 0 Å². The quantitative estimate of drug-likeness (QED) is 0.600. The summed E-state index contributed by atoms with van der Waals surface area (Å²) >= 11 is 0. The average Bonchev–Trinajstić information content (AvgIpc) is 3.09. The number of hydrogen-bond acceptors (Lipinski definition) is 8. The number of aromatic nitrogens is 4. The highest BCUT2D eigenvalue weighted by Gasteiger charge is 2.20. The number of rotatable bonds is 7. The predicted octanol–water partition coefficient (Wildman–Crippen LogP) is 2.92. The number of pyridine rings is 1. The second-order valence-corrected chi connectivity index (χ2v) is 7.08. The third-order valence-electron chi connectivity index (χ3n) is 3.89. The zero-order valence-corrected chi connectivity index (χ0v) is 16.6. The fourth-order valence-corrected chi connectivity index (χ4v) is 2.55. The van der Waals surface area contributed by atoms with E-state index in [1.165, 1.54) is 6.20 Å². The van der Waals surface area contributed by atoms with Crippen LogP contribution in [0.25, 0.3) is 5.65 Å². The Labute approximate surface area is 163 Å². The third-order valence-corrected chi connectivity index (χ3v) is 3.89. The van der Waals surface area contributed by atoms with Crippen LogP contribution in [0.4, 0.5) is 17.3 Å². The Kier molecular flexibility index (Phi) is 5.46. The lowest BCUT2D eigenvalue weighted by atomic mass is 10.2. The first kappa shape index (κ1) is 19.6. The molecule has 148 valence electrons. The minimum absolute atomic E-state index is 0.0461. The summed E-state index contributed by atoms with van der Waals surface area (Å²) < 4.78 is 12.5. The molecule has 0 aliphatic rings. The molecule has 3 aromatic heterocycles. The van der Waals surface area contributed by atoms with Crippen molar-refractivity contribution in [2.75, 3.05) is 31.4 Å². The average molecular weight is 384 g/mol. The van der Waals surface area contributed by atoms with Crippen molar-refractivity contribution in [2.24, 2.45) is 0 Å². The van der Waals surface area contributed by atoms with Crippen molar-refractivity contribution in [3.05, 3.63) is 36.2 Å². The van der Waals surface area contributed by atoms with Crippen molar-refractivity contribution in [1.29, 1.82) is 0 Å². The topological polar surface area (TPSA) is 103 Å². The molecule has 2 N–H and O–H groups in total. The van der Waals surface area contributed by atoms with Gasteiger partial charge in [-0.3, -0.25) is 4.79 Å². The third kappa shape index (κ3) is 4.20. The molecule has 0 amide bonds. The molecule has 0 aliphatic heterocycles. The number of Topliss-reactive ketones (excluding diaryl/α,β-unsaturated/α-hetero) is 1. The fraction of sp³-hybridized carbons (Fsp3) is 0.368. The van der Waals surface area contributed by atoms with E-state index < -0.39 is 5.60 Å². The number of ether oxygens (including phenoxy) is 2. The molecule has 0 aromatic carbocycles. The highest BCUT2D eigenvalue weighted by atomic mass is 16.5. The molecule has 0 spiro atoms. The number of methoxy groups -OCH3 is 1. The zero-order valence-electron chi connectivity index (χ0n) is 16.6. The highest BCUT2D eigenvalue weighted by molar-refractivity contribution is 6.02. The number of anilines is 3. The molecule has 9 heteroatoms. The molecule has 0 saturated heterocycles. The largest absolute Gasteiger partial charge is 0.480 e. The molecule has 0 atom stereocenters. The molecule has 0 saturated carbocycles. The summed E-state index contributed by atoms with van der Waals surface area (Å²) in [6.07, 6.45) is 3.15. The minimum atomic E-state index is -0.411. The van der Waals surface area contributed by atoms with Gasteiger partial charge in [0.1, 0.15) is 23.9 Å². The fourth-order valence-electron chi connectivity index (χ4n) is 2.55. The number of carbonyl (C=O) groups excluding carboxylic acids is 1. The maximum Gasteiger partial charge on any atom is 0.237 e. The van der Waals surface area contributed by atoms with Crippen LogP contribution < -0.4 is 15.4 Å². The molecule has 3 aromatic rings. The smallest absolute Gasteiger partial charge is 0.237 e. The van der Waals surface area contributed by atoms with E-state index in [1.807, 2.05) is 26.8 Å². The van der Waals surface area contributed by atoms with Crippen LogP contribution in [-0.2, 0) is 4.74 Å². The molecule has 3 rings (SSSR count). The highest BCUT2D eigenvalue weighted by Crippen LogP contribution is 2.26. The minimum Gasteiger partial charge on any atom is -0.480 e. The first-order chi connectivity index (χ1) is 13.3. The lowest BCUT2D eigenvalue weighted by molar-refractivity contribution is 0.00312. The van der Waals surface area contributed by atoms with Crippen molar-refractivity contribution >= 4 is 28.8 Å². The normalized spacial score (nSPS) is 11.5. The van der Waals surface area contributed by atoms with E-state index >= 15 is 0 Å². The Morgan fingerprint density at radius 2 is 2.11 bits per heavy atom. The molecule has 0 bridgehead atoms. The number of ketones is 1. The van der Waals surface area contributed by atoms with Gasteiger partial charge >= 0.3 is 0 Å². The van der Waals surface area contributed by atoms with Crippen LogP contribution in [0, 0.1) is 0 Å². The molecule has 0 unspecified atom stereocenters. The van der Waals surface area contributed by atoms with E-state index in [-0.39, 0.29) is 12.4 Å². The maximum atomic E-state index is 12.6. The van der Waals surface area contributed by atoms with E-state index in [0.29, 0.717) is 34.4 Å². The summed E-state index contributed by atoms with van der Waals surface area (Å²) in [6.45, 7) is 5.65. The Balaban J connectivity index is 1.98. The van der Waals surface area contributed by atoms with Crippen LogP contribution in [-0.4, -0.2) is 51.7 Å². The van der Waals surface area contributed by atoms with Gasteiger partial charge in [0.2, 0.25) is 5.88 Å². The van der Waals surface area contributed by atoms with E-state index in [9.17, 15) is 4.79 Å². The second-order valence-electron chi connectivity index (χ2n) is 7.08. The van der Waals surface area contributed by atoms with Crippen molar-refractivity contribution in [1.82, 2.24) is 19.6 Å². The molecule has 0 radical (unpaired) electrons. The lowest BCUT2D eigenvalue weighted by Crippen LogP contribution is -2.23. The standard InChI is InChI=1S/C19H24N6O3/c1-19(2,3)28-11-14(26)12-10-22-25-16(20-4)9-15(24-17(12)25)23-13-7-6-8-21-18(13)27-5/h6-10,20H,11H2,1-5H3,(H,23,24). The number of carbonyl (C=O) groups is 1. The van der Waals surface area contributed by atoms with Gasteiger partial charge < -0.3 is 20.1 Å². The van der Waals surface area contributed by atoms with Gasteiger partial charge in [-0.05, 0) is 32.9 Å². The van der Waals surface area contributed by atoms with Crippen molar-refractivity contribution in [3.8, 4) is 5.88 Å². The van der Waals surface area contributed by atoms with Crippen LogP contribution in [0.5, 0.6) is 5.88 Å². The predicted molar refractivity (Wildman–Crippen MR) is 107 cm³/mol. The maximum absolute atomic E-state index is 12.6. The van der Waals surface area contributed by atoms with Gasteiger partial charge in [-0.1, -0.05) is 0 Å². The van der Waals surface area contributed by atoms with Gasteiger partial charge in [-0.2, -0.15) is 9.61 Å². The summed E-state index contributed by atoms with van der Waals surface area (Å²) in [5, 5.41) is 10.5. The van der Waals surface area contributed by atoms with Crippen LogP contribution in [0.15, 0.2) is 30.6 Å². The Hall–Kier alpha value is -3.20. The van der Waals surface area contributed by atoms with Gasteiger partial charge in [0.15, 0.2) is 11.4 Å². The Morgan fingerprint density at radius 1 is 1.32 bits per heavy atom. The molecule has 0 aliphatic carbocycles. The van der Waals surface area contributed by atoms with Crippen LogP contribution in [0.3, 0.4) is 0 Å². The molecule has 9 nitrogen and oxygen atoms in total. The molecular weight excluding hydrogens is 360 g/mol. The van der Waals surface area contributed by atoms with E-state index in [0.717, 1.165) is 0 Å². The Bertz CT molecular complexity index is 993. The number of nitrogens with one attached hydrogen (secondary N) is 2. The zero-order chi connectivity index (χ0) is 20.3. The van der Waals surface area contributed by atoms with Gasteiger partial charge in [0, 0.05) is 19.3 Å². The molecule has 3 heterocycles. The van der Waals surface area contributed by atoms with Gasteiger partial charge in [0.05, 0.1) is 24.5 Å². The number of hydrogen-bond donors (Lipinski definition) is 2. The summed E-state index contributed by atoms with van der Waals surface area (Å²) in [6, 6.07) is 5.41. The van der Waals surface area contributed by atoms with E-state index in [1.54, 1.807) is 37.0 Å². The van der Waals surface area contributed by atoms with Gasteiger partial charge in [-0.25, -0.2) is 9.97 Å². The number of fused-ring (bicyclic) bond motifs is 1. The monoisotopic (exact) mass is 384 g/mol. The van der Waals surface area contributed by atoms with E-state index in [4.69, 9.17) is 9.47 Å². The molecule has 28 heavy (non-hydrogen) atoms. The number of nitrogens with zero attached hydrogens (tertiary/aromatic N) is 4. The molecule has 0 fully saturated rings. The van der Waals surface area contributed by atoms with Crippen molar-refractivity contribution in [3.63, 3.8) is 0 Å². The Morgan fingerprint density at radius 3 is 2.79 bits per heavy atom. The second kappa shape index (κ2) is 7.81. The van der Waals surface area contributed by atoms with Gasteiger partial charge in [-0.15, -0.1) is 0 Å². The van der Waals surface area contributed by atoms with Crippen LogP contribution >= 0.6 is 0 Å². The SMILES string of the molecule is CNc1cc(Nc2cccnc2OC)nc2c(C(=O)COC(C)(C)C)cnn12.